The second kappa shape index (κ2) is 5.37. The van der Waals surface area contributed by atoms with Crippen molar-refractivity contribution in [2.75, 3.05) is 0 Å². The van der Waals surface area contributed by atoms with E-state index in [4.69, 9.17) is 26.6 Å². The molecule has 0 aliphatic carbocycles. The quantitative estimate of drug-likeness (QED) is 0.922. The number of ether oxygens (including phenoxy) is 1. The minimum atomic E-state index is 0.0716. The molecule has 0 spiro atoms. The van der Waals surface area contributed by atoms with Gasteiger partial charge in [0.2, 0.25) is 11.7 Å². The van der Waals surface area contributed by atoms with Crippen molar-refractivity contribution >= 4 is 11.6 Å². The predicted octanol–water partition coefficient (Wildman–Crippen LogP) is 2.64. The first kappa shape index (κ1) is 12.9. The topological polar surface area (TPSA) is 74.2 Å². The van der Waals surface area contributed by atoms with E-state index in [1.54, 1.807) is 12.1 Å². The summed E-state index contributed by atoms with van der Waals surface area (Å²) in [6.45, 7) is 4.10. The lowest BCUT2D eigenvalue weighted by molar-refractivity contribution is 0.242. The Balaban J connectivity index is 2.28. The van der Waals surface area contributed by atoms with Crippen LogP contribution >= 0.6 is 11.6 Å². The summed E-state index contributed by atoms with van der Waals surface area (Å²) in [5, 5.41) is 4.34. The van der Waals surface area contributed by atoms with Gasteiger partial charge in [-0.1, -0.05) is 16.8 Å². The Morgan fingerprint density at radius 1 is 1.44 bits per heavy atom. The van der Waals surface area contributed by atoms with Crippen LogP contribution in [0.2, 0.25) is 5.02 Å². The largest absolute Gasteiger partial charge is 0.489 e. The highest BCUT2D eigenvalue weighted by atomic mass is 35.5. The molecular weight excluding hydrogens is 254 g/mol. The van der Waals surface area contributed by atoms with Gasteiger partial charge in [-0.2, -0.15) is 4.98 Å². The summed E-state index contributed by atoms with van der Waals surface area (Å²) in [5.74, 6) is 1.50. The Bertz CT molecular complexity index is 540. The maximum Gasteiger partial charge on any atom is 0.240 e. The van der Waals surface area contributed by atoms with Crippen molar-refractivity contribution in [1.82, 2.24) is 10.1 Å². The standard InChI is InChI=1S/C12H14ClN3O2/c1-7(2)17-10-4-3-8(5-9(10)13)12-15-11(6-14)18-16-12/h3-5,7H,6,14H2,1-2H3. The van der Waals surface area contributed by atoms with E-state index in [2.05, 4.69) is 10.1 Å². The van der Waals surface area contributed by atoms with Gasteiger partial charge in [0.15, 0.2) is 0 Å². The van der Waals surface area contributed by atoms with Gasteiger partial charge in [-0.15, -0.1) is 0 Å². The van der Waals surface area contributed by atoms with Gasteiger partial charge in [-0.3, -0.25) is 0 Å². The zero-order chi connectivity index (χ0) is 13.1. The fraction of sp³-hybridized carbons (Fsp3) is 0.333. The van der Waals surface area contributed by atoms with Crippen LogP contribution in [0.5, 0.6) is 5.75 Å². The molecule has 0 fully saturated rings. The first-order chi connectivity index (χ1) is 8.60. The molecule has 0 aliphatic heterocycles. The molecule has 1 aromatic heterocycles. The molecule has 0 saturated heterocycles. The summed E-state index contributed by atoms with van der Waals surface area (Å²) < 4.78 is 10.5. The van der Waals surface area contributed by atoms with E-state index in [1.807, 2.05) is 19.9 Å². The minimum Gasteiger partial charge on any atom is -0.489 e. The van der Waals surface area contributed by atoms with E-state index >= 15 is 0 Å². The molecule has 0 saturated carbocycles. The third kappa shape index (κ3) is 2.80. The molecule has 2 N–H and O–H groups in total. The van der Waals surface area contributed by atoms with Crippen molar-refractivity contribution in [1.29, 1.82) is 0 Å². The molecule has 5 nitrogen and oxygen atoms in total. The van der Waals surface area contributed by atoms with Crippen molar-refractivity contribution < 1.29 is 9.26 Å². The molecule has 2 aromatic rings. The van der Waals surface area contributed by atoms with Crippen LogP contribution in [0, 0.1) is 0 Å². The molecule has 0 bridgehead atoms. The van der Waals surface area contributed by atoms with Gasteiger partial charge in [-0.05, 0) is 32.0 Å². The number of hydrogen-bond acceptors (Lipinski definition) is 5. The Labute approximate surface area is 110 Å². The van der Waals surface area contributed by atoms with Crippen LogP contribution in [0.3, 0.4) is 0 Å². The Kier molecular flexibility index (Phi) is 3.84. The first-order valence-electron chi connectivity index (χ1n) is 5.59. The van der Waals surface area contributed by atoms with Crippen LogP contribution in [0.25, 0.3) is 11.4 Å². The summed E-state index contributed by atoms with van der Waals surface area (Å²) in [4.78, 5) is 4.13. The third-order valence-corrected chi connectivity index (χ3v) is 2.49. The molecule has 2 rings (SSSR count). The summed E-state index contributed by atoms with van der Waals surface area (Å²) in [6, 6.07) is 5.36. The normalized spacial score (nSPS) is 10.9. The third-order valence-electron chi connectivity index (χ3n) is 2.20. The van der Waals surface area contributed by atoms with Crippen molar-refractivity contribution in [3.05, 3.63) is 29.1 Å². The molecule has 1 aromatic carbocycles. The van der Waals surface area contributed by atoms with Crippen LogP contribution in [-0.2, 0) is 6.54 Å². The maximum absolute atomic E-state index is 6.13. The number of nitrogens with zero attached hydrogens (tertiary/aromatic N) is 2. The second-order valence-corrected chi connectivity index (χ2v) is 4.43. The van der Waals surface area contributed by atoms with Crippen LogP contribution in [0.4, 0.5) is 0 Å². The average molecular weight is 268 g/mol. The van der Waals surface area contributed by atoms with E-state index in [-0.39, 0.29) is 12.6 Å². The number of aromatic nitrogens is 2. The number of hydrogen-bond donors (Lipinski definition) is 1. The molecule has 0 amide bonds. The fourth-order valence-corrected chi connectivity index (χ4v) is 1.67. The van der Waals surface area contributed by atoms with E-state index in [0.717, 1.165) is 5.56 Å². The van der Waals surface area contributed by atoms with Gasteiger partial charge in [0.25, 0.3) is 0 Å². The van der Waals surface area contributed by atoms with Crippen molar-refractivity contribution in [2.24, 2.45) is 5.73 Å². The minimum absolute atomic E-state index is 0.0716. The van der Waals surface area contributed by atoms with E-state index in [0.29, 0.717) is 22.5 Å². The lowest BCUT2D eigenvalue weighted by Crippen LogP contribution is -2.05. The van der Waals surface area contributed by atoms with Gasteiger partial charge in [-0.25, -0.2) is 0 Å². The molecular formula is C12H14ClN3O2. The molecule has 0 atom stereocenters. The van der Waals surface area contributed by atoms with Gasteiger partial charge in [0, 0.05) is 5.56 Å². The number of rotatable bonds is 4. The zero-order valence-corrected chi connectivity index (χ0v) is 10.9. The highest BCUT2D eigenvalue weighted by Gasteiger charge is 2.10. The molecule has 0 unspecified atom stereocenters. The SMILES string of the molecule is CC(C)Oc1ccc(-c2noc(CN)n2)cc1Cl. The Hall–Kier alpha value is -1.59. The van der Waals surface area contributed by atoms with E-state index < -0.39 is 0 Å². The second-order valence-electron chi connectivity index (χ2n) is 4.03. The molecule has 96 valence electrons. The number of nitrogens with two attached hydrogens (primary N) is 1. The molecule has 0 aliphatic rings. The lowest BCUT2D eigenvalue weighted by atomic mass is 10.2. The molecule has 1 heterocycles. The summed E-state index contributed by atoms with van der Waals surface area (Å²) >= 11 is 6.13. The van der Waals surface area contributed by atoms with Crippen LogP contribution in [-0.4, -0.2) is 16.2 Å². The Morgan fingerprint density at radius 2 is 2.22 bits per heavy atom. The molecule has 6 heteroatoms. The van der Waals surface area contributed by atoms with Gasteiger partial charge < -0.3 is 15.0 Å². The number of benzene rings is 1. The van der Waals surface area contributed by atoms with E-state index in [9.17, 15) is 0 Å². The molecule has 18 heavy (non-hydrogen) atoms. The predicted molar refractivity (Wildman–Crippen MR) is 68.4 cm³/mol. The van der Waals surface area contributed by atoms with E-state index in [1.165, 1.54) is 0 Å². The zero-order valence-electron chi connectivity index (χ0n) is 10.2. The highest BCUT2D eigenvalue weighted by Crippen LogP contribution is 2.29. The van der Waals surface area contributed by atoms with Crippen LogP contribution in [0.1, 0.15) is 19.7 Å². The summed E-state index contributed by atoms with van der Waals surface area (Å²) in [5.41, 5.74) is 6.17. The van der Waals surface area contributed by atoms with Crippen molar-refractivity contribution in [2.45, 2.75) is 26.5 Å². The van der Waals surface area contributed by atoms with Crippen LogP contribution < -0.4 is 10.5 Å². The first-order valence-corrected chi connectivity index (χ1v) is 5.97. The van der Waals surface area contributed by atoms with Crippen molar-refractivity contribution in [3.63, 3.8) is 0 Å². The number of halogens is 1. The Morgan fingerprint density at radius 3 is 2.78 bits per heavy atom. The van der Waals surface area contributed by atoms with Gasteiger partial charge in [0.05, 0.1) is 17.7 Å². The highest BCUT2D eigenvalue weighted by molar-refractivity contribution is 6.32. The van der Waals surface area contributed by atoms with Crippen LogP contribution in [0.15, 0.2) is 22.7 Å². The van der Waals surface area contributed by atoms with Gasteiger partial charge in [0.1, 0.15) is 5.75 Å². The smallest absolute Gasteiger partial charge is 0.240 e. The average Bonchev–Trinajstić information content (AvgIpc) is 2.80. The summed E-state index contributed by atoms with van der Waals surface area (Å²) in [6.07, 6.45) is 0.0716. The maximum atomic E-state index is 6.13. The van der Waals surface area contributed by atoms with Crippen molar-refractivity contribution in [3.8, 4) is 17.1 Å². The fourth-order valence-electron chi connectivity index (χ4n) is 1.44. The van der Waals surface area contributed by atoms with Gasteiger partial charge >= 0.3 is 0 Å². The lowest BCUT2D eigenvalue weighted by Gasteiger charge is -2.11. The summed E-state index contributed by atoms with van der Waals surface area (Å²) in [7, 11) is 0. The monoisotopic (exact) mass is 267 g/mol. The molecule has 0 radical (unpaired) electrons.